The normalized spacial score (nSPS) is 13.2. The second kappa shape index (κ2) is 5.21. The fourth-order valence-electron chi connectivity index (χ4n) is 1.51. The van der Waals surface area contributed by atoms with E-state index in [2.05, 4.69) is 10.3 Å². The van der Waals surface area contributed by atoms with E-state index in [0.717, 1.165) is 12.2 Å². The van der Waals surface area contributed by atoms with Crippen molar-refractivity contribution >= 4 is 6.09 Å². The van der Waals surface area contributed by atoms with E-state index >= 15 is 0 Å². The maximum absolute atomic E-state index is 11.6. The fraction of sp³-hybridized carbons (Fsp3) is 0.667. The zero-order chi connectivity index (χ0) is 13.1. The van der Waals surface area contributed by atoms with Crippen LogP contribution in [0.4, 0.5) is 4.79 Å². The summed E-state index contributed by atoms with van der Waals surface area (Å²) in [5.74, 6) is 0. The molecule has 0 fully saturated rings. The van der Waals surface area contributed by atoms with E-state index < -0.39 is 11.7 Å². The van der Waals surface area contributed by atoms with Gasteiger partial charge in [-0.15, -0.1) is 0 Å². The number of aromatic nitrogens is 2. The molecular weight excluding hydrogens is 218 g/mol. The van der Waals surface area contributed by atoms with Crippen molar-refractivity contribution in [1.82, 2.24) is 14.9 Å². The molecule has 0 bridgehead atoms. The van der Waals surface area contributed by atoms with E-state index in [-0.39, 0.29) is 6.04 Å². The predicted molar refractivity (Wildman–Crippen MR) is 65.7 cm³/mol. The topological polar surface area (TPSA) is 56.2 Å². The molecular formula is C12H21N3O2. The number of carbonyl (C=O) groups is 1. The molecule has 1 amide bonds. The molecule has 96 valence electrons. The Morgan fingerprint density at radius 3 is 2.76 bits per heavy atom. The minimum Gasteiger partial charge on any atom is -0.444 e. The molecule has 1 rings (SSSR count). The molecule has 1 unspecified atom stereocenters. The van der Waals surface area contributed by atoms with Crippen molar-refractivity contribution in [2.75, 3.05) is 0 Å². The Morgan fingerprint density at radius 1 is 1.59 bits per heavy atom. The van der Waals surface area contributed by atoms with E-state index in [9.17, 15) is 4.79 Å². The van der Waals surface area contributed by atoms with Crippen molar-refractivity contribution in [2.45, 2.75) is 52.8 Å². The molecule has 0 saturated carbocycles. The largest absolute Gasteiger partial charge is 0.444 e. The molecule has 1 N–H and O–H groups in total. The standard InChI is InChI=1S/C12H21N3O2/c1-6-15-8-13-7-10(15)9(2)14-11(16)17-12(3,4)5/h7-9H,6H2,1-5H3,(H,14,16). The van der Waals surface area contributed by atoms with Crippen LogP contribution in [-0.4, -0.2) is 21.2 Å². The third-order valence-corrected chi connectivity index (χ3v) is 2.26. The van der Waals surface area contributed by atoms with Crippen LogP contribution >= 0.6 is 0 Å². The fourth-order valence-corrected chi connectivity index (χ4v) is 1.51. The predicted octanol–water partition coefficient (Wildman–Crippen LogP) is 2.49. The highest BCUT2D eigenvalue weighted by Gasteiger charge is 2.19. The number of hydrogen-bond donors (Lipinski definition) is 1. The molecule has 5 heteroatoms. The summed E-state index contributed by atoms with van der Waals surface area (Å²) in [6, 6.07) is -0.118. The lowest BCUT2D eigenvalue weighted by Crippen LogP contribution is -2.34. The number of imidazole rings is 1. The Balaban J connectivity index is 2.61. The Labute approximate surface area is 102 Å². The van der Waals surface area contributed by atoms with Gasteiger partial charge in [-0.2, -0.15) is 0 Å². The average Bonchev–Trinajstić information content (AvgIpc) is 2.61. The van der Waals surface area contributed by atoms with Gasteiger partial charge in [-0.1, -0.05) is 0 Å². The van der Waals surface area contributed by atoms with Gasteiger partial charge in [0.05, 0.1) is 24.3 Å². The van der Waals surface area contributed by atoms with Gasteiger partial charge in [-0.25, -0.2) is 9.78 Å². The molecule has 5 nitrogen and oxygen atoms in total. The van der Waals surface area contributed by atoms with Gasteiger partial charge >= 0.3 is 6.09 Å². The van der Waals surface area contributed by atoms with Crippen molar-refractivity contribution < 1.29 is 9.53 Å². The summed E-state index contributed by atoms with van der Waals surface area (Å²) in [6.07, 6.45) is 3.10. The highest BCUT2D eigenvalue weighted by Crippen LogP contribution is 2.13. The van der Waals surface area contributed by atoms with Crippen molar-refractivity contribution in [3.63, 3.8) is 0 Å². The van der Waals surface area contributed by atoms with Crippen LogP contribution in [0.1, 0.15) is 46.4 Å². The molecule has 0 aliphatic heterocycles. The smallest absolute Gasteiger partial charge is 0.408 e. The number of ether oxygens (including phenoxy) is 1. The number of amides is 1. The summed E-state index contributed by atoms with van der Waals surface area (Å²) >= 11 is 0. The minimum atomic E-state index is -0.477. The van der Waals surface area contributed by atoms with Gasteiger partial charge in [0.2, 0.25) is 0 Å². The average molecular weight is 239 g/mol. The summed E-state index contributed by atoms with van der Waals surface area (Å²) in [6.45, 7) is 10.3. The van der Waals surface area contributed by atoms with Crippen LogP contribution in [0.25, 0.3) is 0 Å². The van der Waals surface area contributed by atoms with E-state index in [0.29, 0.717) is 0 Å². The number of rotatable bonds is 3. The first-order valence-corrected chi connectivity index (χ1v) is 5.83. The van der Waals surface area contributed by atoms with Gasteiger partial charge in [-0.05, 0) is 34.6 Å². The van der Waals surface area contributed by atoms with Gasteiger partial charge in [0.1, 0.15) is 5.60 Å². The van der Waals surface area contributed by atoms with Gasteiger partial charge in [-0.3, -0.25) is 0 Å². The SMILES string of the molecule is CCn1cncc1C(C)NC(=O)OC(C)(C)C. The molecule has 0 radical (unpaired) electrons. The zero-order valence-electron chi connectivity index (χ0n) is 11.2. The molecule has 1 atom stereocenters. The van der Waals surface area contributed by atoms with Crippen molar-refractivity contribution in [2.24, 2.45) is 0 Å². The lowest BCUT2D eigenvalue weighted by Gasteiger charge is -2.22. The van der Waals surface area contributed by atoms with Gasteiger partial charge in [0.25, 0.3) is 0 Å². The summed E-state index contributed by atoms with van der Waals surface area (Å²) in [5.41, 5.74) is 0.493. The van der Waals surface area contributed by atoms with Gasteiger partial charge in [0, 0.05) is 6.54 Å². The number of hydrogen-bond acceptors (Lipinski definition) is 3. The van der Waals surface area contributed by atoms with E-state index in [1.807, 2.05) is 39.2 Å². The van der Waals surface area contributed by atoms with Crippen LogP contribution in [0.2, 0.25) is 0 Å². The Bertz CT molecular complexity index is 379. The van der Waals surface area contributed by atoms with Crippen molar-refractivity contribution in [3.8, 4) is 0 Å². The first-order valence-electron chi connectivity index (χ1n) is 5.83. The van der Waals surface area contributed by atoms with E-state index in [1.165, 1.54) is 0 Å². The maximum Gasteiger partial charge on any atom is 0.408 e. The van der Waals surface area contributed by atoms with Crippen LogP contribution in [-0.2, 0) is 11.3 Å². The van der Waals surface area contributed by atoms with Crippen LogP contribution in [0.15, 0.2) is 12.5 Å². The van der Waals surface area contributed by atoms with Gasteiger partial charge in [0.15, 0.2) is 0 Å². The van der Waals surface area contributed by atoms with Crippen molar-refractivity contribution in [3.05, 3.63) is 18.2 Å². The first kappa shape index (κ1) is 13.5. The molecule has 1 aromatic rings. The van der Waals surface area contributed by atoms with Gasteiger partial charge < -0.3 is 14.6 Å². The monoisotopic (exact) mass is 239 g/mol. The summed E-state index contributed by atoms with van der Waals surface area (Å²) in [4.78, 5) is 15.7. The third-order valence-electron chi connectivity index (χ3n) is 2.26. The Kier molecular flexibility index (Phi) is 4.15. The van der Waals surface area contributed by atoms with Crippen LogP contribution in [0, 0.1) is 0 Å². The van der Waals surface area contributed by atoms with Crippen molar-refractivity contribution in [1.29, 1.82) is 0 Å². The number of nitrogens with zero attached hydrogens (tertiary/aromatic N) is 2. The Hall–Kier alpha value is -1.52. The quantitative estimate of drug-likeness (QED) is 0.881. The molecule has 0 aromatic carbocycles. The third kappa shape index (κ3) is 4.09. The summed E-state index contributed by atoms with van der Waals surface area (Å²) < 4.78 is 7.19. The second-order valence-corrected chi connectivity index (χ2v) is 4.97. The van der Waals surface area contributed by atoms with Crippen LogP contribution < -0.4 is 5.32 Å². The molecule has 0 spiro atoms. The summed E-state index contributed by atoms with van der Waals surface area (Å²) in [7, 11) is 0. The minimum absolute atomic E-state index is 0.118. The molecule has 0 saturated heterocycles. The van der Waals surface area contributed by atoms with E-state index in [4.69, 9.17) is 4.74 Å². The second-order valence-electron chi connectivity index (χ2n) is 4.97. The maximum atomic E-state index is 11.6. The number of carbonyl (C=O) groups excluding carboxylic acids is 1. The highest BCUT2D eigenvalue weighted by atomic mass is 16.6. The highest BCUT2D eigenvalue weighted by molar-refractivity contribution is 5.68. The molecule has 0 aliphatic rings. The molecule has 1 aromatic heterocycles. The number of alkyl carbamates (subject to hydrolysis) is 1. The lowest BCUT2D eigenvalue weighted by molar-refractivity contribution is 0.0506. The Morgan fingerprint density at radius 2 is 2.24 bits per heavy atom. The number of aryl methyl sites for hydroxylation is 1. The van der Waals surface area contributed by atoms with Crippen LogP contribution in [0.3, 0.4) is 0 Å². The number of nitrogens with one attached hydrogen (secondary N) is 1. The molecule has 17 heavy (non-hydrogen) atoms. The lowest BCUT2D eigenvalue weighted by atomic mass is 10.2. The molecule has 0 aliphatic carbocycles. The zero-order valence-corrected chi connectivity index (χ0v) is 11.2. The van der Waals surface area contributed by atoms with E-state index in [1.54, 1.807) is 12.5 Å². The molecule has 1 heterocycles. The van der Waals surface area contributed by atoms with Crippen LogP contribution in [0.5, 0.6) is 0 Å². The first-order chi connectivity index (χ1) is 7.83. The summed E-state index contributed by atoms with van der Waals surface area (Å²) in [5, 5.41) is 2.79.